The Morgan fingerprint density at radius 3 is 2.52 bits per heavy atom. The van der Waals surface area contributed by atoms with Crippen LogP contribution in [0.5, 0.6) is 0 Å². The van der Waals surface area contributed by atoms with Crippen molar-refractivity contribution in [2.24, 2.45) is 0 Å². The molecule has 0 aromatic heterocycles. The third kappa shape index (κ3) is 3.80. The van der Waals surface area contributed by atoms with Crippen LogP contribution in [0.4, 0.5) is 8.78 Å². The van der Waals surface area contributed by atoms with Crippen LogP contribution in [-0.4, -0.2) is 6.54 Å². The summed E-state index contributed by atoms with van der Waals surface area (Å²) < 4.78 is 27.8. The quantitative estimate of drug-likeness (QED) is 0.818. The summed E-state index contributed by atoms with van der Waals surface area (Å²) >= 11 is 6.17. The second-order valence-corrected chi connectivity index (χ2v) is 5.49. The van der Waals surface area contributed by atoms with E-state index in [0.29, 0.717) is 22.7 Å². The van der Waals surface area contributed by atoms with Crippen molar-refractivity contribution < 1.29 is 8.78 Å². The number of halogens is 3. The topological polar surface area (TPSA) is 12.0 Å². The molecule has 2 aromatic rings. The molecule has 1 N–H and O–H groups in total. The van der Waals surface area contributed by atoms with Crippen LogP contribution in [0.1, 0.15) is 36.1 Å². The molecule has 4 heteroatoms. The second kappa shape index (κ2) is 7.01. The molecule has 0 amide bonds. The molecule has 1 unspecified atom stereocenters. The van der Waals surface area contributed by atoms with E-state index in [4.69, 9.17) is 11.6 Å². The molecule has 0 heterocycles. The largest absolute Gasteiger partial charge is 0.306 e. The van der Waals surface area contributed by atoms with Crippen LogP contribution < -0.4 is 5.32 Å². The Kier molecular flexibility index (Phi) is 5.32. The van der Waals surface area contributed by atoms with E-state index in [0.717, 1.165) is 12.0 Å². The summed E-state index contributed by atoms with van der Waals surface area (Å²) in [5.74, 6) is -0.700. The molecule has 1 atom stereocenters. The smallest absolute Gasteiger partial charge is 0.128 e. The first kappa shape index (κ1) is 15.9. The lowest BCUT2D eigenvalue weighted by atomic mass is 9.97. The van der Waals surface area contributed by atoms with Gasteiger partial charge < -0.3 is 5.32 Å². The lowest BCUT2D eigenvalue weighted by molar-refractivity contribution is 0.542. The third-order valence-corrected chi connectivity index (χ3v) is 3.68. The van der Waals surface area contributed by atoms with Crippen molar-refractivity contribution in [1.82, 2.24) is 5.32 Å². The van der Waals surface area contributed by atoms with Crippen molar-refractivity contribution in [2.45, 2.75) is 26.3 Å². The molecule has 0 spiro atoms. The highest BCUT2D eigenvalue weighted by Gasteiger charge is 2.20. The molecule has 2 aromatic carbocycles. The van der Waals surface area contributed by atoms with Crippen molar-refractivity contribution >= 4 is 11.6 Å². The molecule has 0 aliphatic heterocycles. The van der Waals surface area contributed by atoms with E-state index in [-0.39, 0.29) is 11.6 Å². The van der Waals surface area contributed by atoms with Gasteiger partial charge in [-0.3, -0.25) is 0 Å². The fraction of sp³-hybridized carbons (Fsp3) is 0.294. The van der Waals surface area contributed by atoms with Crippen LogP contribution in [0.3, 0.4) is 0 Å². The molecule has 0 aliphatic carbocycles. The van der Waals surface area contributed by atoms with Crippen LogP contribution in [0.2, 0.25) is 5.02 Å². The van der Waals surface area contributed by atoms with E-state index in [1.54, 1.807) is 6.07 Å². The summed E-state index contributed by atoms with van der Waals surface area (Å²) in [5, 5.41) is 3.66. The number of nitrogens with one attached hydrogen (secondary N) is 1. The van der Waals surface area contributed by atoms with Crippen LogP contribution in [0.25, 0.3) is 0 Å². The van der Waals surface area contributed by atoms with Crippen molar-refractivity contribution in [1.29, 1.82) is 0 Å². The number of hydrogen-bond acceptors (Lipinski definition) is 1. The number of benzene rings is 2. The molecule has 0 saturated carbocycles. The lowest BCUT2D eigenvalue weighted by Crippen LogP contribution is -2.24. The summed E-state index contributed by atoms with van der Waals surface area (Å²) in [4.78, 5) is 0. The van der Waals surface area contributed by atoms with Crippen LogP contribution >= 0.6 is 11.6 Å². The van der Waals surface area contributed by atoms with Crippen LogP contribution in [0.15, 0.2) is 36.4 Å². The number of aryl methyl sites for hydroxylation is 1. The van der Waals surface area contributed by atoms with Crippen molar-refractivity contribution in [3.63, 3.8) is 0 Å². The first-order chi connectivity index (χ1) is 10.0. The maximum atomic E-state index is 14.3. The molecule has 0 saturated heterocycles. The Morgan fingerprint density at radius 1 is 1.10 bits per heavy atom. The van der Waals surface area contributed by atoms with Crippen LogP contribution in [0, 0.1) is 18.6 Å². The summed E-state index contributed by atoms with van der Waals surface area (Å²) in [6.07, 6.45) is 0.886. The van der Waals surface area contributed by atoms with Gasteiger partial charge in [0, 0.05) is 10.6 Å². The molecule has 0 aliphatic rings. The summed E-state index contributed by atoms with van der Waals surface area (Å²) in [6.45, 7) is 4.53. The molecule has 0 radical (unpaired) electrons. The highest BCUT2D eigenvalue weighted by atomic mass is 35.5. The van der Waals surface area contributed by atoms with Gasteiger partial charge in [-0.1, -0.05) is 30.7 Å². The van der Waals surface area contributed by atoms with E-state index >= 15 is 0 Å². The average Bonchev–Trinajstić information content (AvgIpc) is 2.44. The van der Waals surface area contributed by atoms with E-state index in [9.17, 15) is 8.78 Å². The van der Waals surface area contributed by atoms with E-state index in [1.165, 1.54) is 24.3 Å². The molecule has 2 rings (SSSR count). The fourth-order valence-electron chi connectivity index (χ4n) is 2.28. The minimum absolute atomic E-state index is 0.316. The predicted octanol–water partition coefficient (Wildman–Crippen LogP) is 5.02. The lowest BCUT2D eigenvalue weighted by Gasteiger charge is -2.21. The predicted molar refractivity (Wildman–Crippen MR) is 82.7 cm³/mol. The van der Waals surface area contributed by atoms with Gasteiger partial charge in [0.1, 0.15) is 11.6 Å². The van der Waals surface area contributed by atoms with Gasteiger partial charge in [-0.2, -0.15) is 0 Å². The van der Waals surface area contributed by atoms with Crippen molar-refractivity contribution in [3.8, 4) is 0 Å². The van der Waals surface area contributed by atoms with Crippen molar-refractivity contribution in [2.75, 3.05) is 6.54 Å². The maximum absolute atomic E-state index is 14.3. The minimum atomic E-state index is -0.464. The Bertz CT molecular complexity index is 628. The Balaban J connectivity index is 2.49. The number of hydrogen-bond donors (Lipinski definition) is 1. The molecule has 0 fully saturated rings. The van der Waals surface area contributed by atoms with Gasteiger partial charge in [-0.25, -0.2) is 8.78 Å². The standard InChI is InChI=1S/C17H18ClF2N/c1-3-8-21-17(13-6-4-11(2)9-16(13)20)14-10-12(19)5-7-15(14)18/h4-7,9-10,17,21H,3,8H2,1-2H3. The van der Waals surface area contributed by atoms with Gasteiger partial charge in [0.05, 0.1) is 6.04 Å². The zero-order chi connectivity index (χ0) is 15.4. The molecule has 21 heavy (non-hydrogen) atoms. The SMILES string of the molecule is CCCNC(c1ccc(C)cc1F)c1cc(F)ccc1Cl. The Morgan fingerprint density at radius 2 is 1.86 bits per heavy atom. The molecule has 112 valence electrons. The number of rotatable bonds is 5. The molecular formula is C17H18ClF2N. The van der Waals surface area contributed by atoms with Gasteiger partial charge in [0.25, 0.3) is 0 Å². The van der Waals surface area contributed by atoms with E-state index in [2.05, 4.69) is 5.32 Å². The molecule has 0 bridgehead atoms. The Hall–Kier alpha value is -1.45. The van der Waals surface area contributed by atoms with Gasteiger partial charge in [0.15, 0.2) is 0 Å². The van der Waals surface area contributed by atoms with E-state index in [1.807, 2.05) is 19.9 Å². The van der Waals surface area contributed by atoms with Gasteiger partial charge in [-0.05, 0) is 55.3 Å². The average molecular weight is 310 g/mol. The molecule has 1 nitrogen and oxygen atoms in total. The maximum Gasteiger partial charge on any atom is 0.128 e. The second-order valence-electron chi connectivity index (χ2n) is 5.08. The van der Waals surface area contributed by atoms with Crippen molar-refractivity contribution in [3.05, 3.63) is 69.7 Å². The highest BCUT2D eigenvalue weighted by Crippen LogP contribution is 2.30. The zero-order valence-electron chi connectivity index (χ0n) is 12.1. The zero-order valence-corrected chi connectivity index (χ0v) is 12.8. The van der Waals surface area contributed by atoms with Crippen LogP contribution in [-0.2, 0) is 0 Å². The third-order valence-electron chi connectivity index (χ3n) is 3.33. The summed E-state index contributed by atoms with van der Waals surface area (Å²) in [7, 11) is 0. The monoisotopic (exact) mass is 309 g/mol. The summed E-state index contributed by atoms with van der Waals surface area (Å²) in [6, 6.07) is 8.73. The van der Waals surface area contributed by atoms with Gasteiger partial charge in [-0.15, -0.1) is 0 Å². The first-order valence-electron chi connectivity index (χ1n) is 6.97. The first-order valence-corrected chi connectivity index (χ1v) is 7.35. The van der Waals surface area contributed by atoms with Gasteiger partial charge >= 0.3 is 0 Å². The van der Waals surface area contributed by atoms with Gasteiger partial charge in [0.2, 0.25) is 0 Å². The van der Waals surface area contributed by atoms with E-state index < -0.39 is 6.04 Å². The fourth-order valence-corrected chi connectivity index (χ4v) is 2.50. The minimum Gasteiger partial charge on any atom is -0.306 e. The normalized spacial score (nSPS) is 12.4. The summed E-state index contributed by atoms with van der Waals surface area (Å²) in [5.41, 5.74) is 1.87. The Labute approximate surface area is 128 Å². The highest BCUT2D eigenvalue weighted by molar-refractivity contribution is 6.31. The molecular weight excluding hydrogens is 292 g/mol.